The lowest BCUT2D eigenvalue weighted by Gasteiger charge is -2.17. The normalized spacial score (nSPS) is 13.4. The van der Waals surface area contributed by atoms with Crippen LogP contribution in [0.2, 0.25) is 0 Å². The van der Waals surface area contributed by atoms with Crippen molar-refractivity contribution in [2.24, 2.45) is 5.73 Å². The Morgan fingerprint density at radius 3 is 2.25 bits per heavy atom. The topological polar surface area (TPSA) is 90.6 Å². The van der Waals surface area contributed by atoms with Crippen LogP contribution in [0.1, 0.15) is 43.2 Å². The van der Waals surface area contributed by atoms with E-state index in [9.17, 15) is 9.59 Å². The SMILES string of the molecule is CCOC(=O)CCCC(N)NC(=O)OCC1c2ccccc2-c2ccccc21. The van der Waals surface area contributed by atoms with E-state index >= 15 is 0 Å². The van der Waals surface area contributed by atoms with Gasteiger partial charge in [-0.25, -0.2) is 4.79 Å². The largest absolute Gasteiger partial charge is 0.466 e. The van der Waals surface area contributed by atoms with E-state index < -0.39 is 12.3 Å². The number of alkyl carbamates (subject to hydrolysis) is 1. The first kappa shape index (κ1) is 19.9. The molecule has 0 aliphatic heterocycles. The molecule has 28 heavy (non-hydrogen) atoms. The van der Waals surface area contributed by atoms with Crippen molar-refractivity contribution in [2.45, 2.75) is 38.3 Å². The average Bonchev–Trinajstić information content (AvgIpc) is 3.00. The Hall–Kier alpha value is -2.86. The average molecular weight is 382 g/mol. The Morgan fingerprint density at radius 1 is 1.04 bits per heavy atom. The van der Waals surface area contributed by atoms with Gasteiger partial charge in [0.2, 0.25) is 0 Å². The van der Waals surface area contributed by atoms with Crippen LogP contribution in [0.5, 0.6) is 0 Å². The van der Waals surface area contributed by atoms with E-state index in [2.05, 4.69) is 29.6 Å². The van der Waals surface area contributed by atoms with Crippen molar-refractivity contribution < 1.29 is 19.1 Å². The monoisotopic (exact) mass is 382 g/mol. The predicted octanol–water partition coefficient (Wildman–Crippen LogP) is 3.54. The molecular formula is C22H26N2O4. The van der Waals surface area contributed by atoms with Gasteiger partial charge in [-0.1, -0.05) is 48.5 Å². The first-order valence-corrected chi connectivity index (χ1v) is 9.63. The summed E-state index contributed by atoms with van der Waals surface area (Å²) < 4.78 is 10.3. The summed E-state index contributed by atoms with van der Waals surface area (Å²) in [6.07, 6.45) is 0.191. The van der Waals surface area contributed by atoms with Gasteiger partial charge in [0.15, 0.2) is 0 Å². The van der Waals surface area contributed by atoms with Crippen molar-refractivity contribution >= 4 is 12.1 Å². The van der Waals surface area contributed by atoms with Crippen molar-refractivity contribution in [3.8, 4) is 11.1 Å². The summed E-state index contributed by atoms with van der Waals surface area (Å²) in [6, 6.07) is 16.3. The molecule has 0 spiro atoms. The molecule has 0 heterocycles. The Morgan fingerprint density at radius 2 is 1.64 bits per heavy atom. The first-order chi connectivity index (χ1) is 13.6. The van der Waals surface area contributed by atoms with Crippen molar-refractivity contribution in [1.82, 2.24) is 5.32 Å². The number of carbonyl (C=O) groups excluding carboxylic acids is 2. The Balaban J connectivity index is 1.50. The zero-order chi connectivity index (χ0) is 19.9. The van der Waals surface area contributed by atoms with Gasteiger partial charge < -0.3 is 20.5 Å². The van der Waals surface area contributed by atoms with Gasteiger partial charge in [0.05, 0.1) is 12.8 Å². The molecule has 6 heteroatoms. The fourth-order valence-corrected chi connectivity index (χ4v) is 3.56. The maximum Gasteiger partial charge on any atom is 0.408 e. The lowest BCUT2D eigenvalue weighted by molar-refractivity contribution is -0.143. The van der Waals surface area contributed by atoms with Gasteiger partial charge in [-0.05, 0) is 42.0 Å². The molecule has 1 atom stereocenters. The molecule has 1 amide bonds. The highest BCUT2D eigenvalue weighted by molar-refractivity contribution is 5.79. The highest BCUT2D eigenvalue weighted by Gasteiger charge is 2.29. The van der Waals surface area contributed by atoms with E-state index in [1.54, 1.807) is 6.92 Å². The van der Waals surface area contributed by atoms with E-state index in [0.29, 0.717) is 19.4 Å². The second-order valence-electron chi connectivity index (χ2n) is 6.77. The third kappa shape index (κ3) is 4.70. The van der Waals surface area contributed by atoms with E-state index in [0.717, 1.165) is 11.1 Å². The zero-order valence-electron chi connectivity index (χ0n) is 16.0. The third-order valence-corrected chi connectivity index (χ3v) is 4.85. The van der Waals surface area contributed by atoms with Crippen molar-refractivity contribution in [2.75, 3.05) is 13.2 Å². The molecule has 6 nitrogen and oxygen atoms in total. The molecular weight excluding hydrogens is 356 g/mol. The predicted molar refractivity (Wildman–Crippen MR) is 107 cm³/mol. The number of benzene rings is 2. The number of fused-ring (bicyclic) bond motifs is 3. The maximum atomic E-state index is 12.1. The zero-order valence-corrected chi connectivity index (χ0v) is 16.0. The fourth-order valence-electron chi connectivity index (χ4n) is 3.56. The van der Waals surface area contributed by atoms with Crippen molar-refractivity contribution in [1.29, 1.82) is 0 Å². The summed E-state index contributed by atoms with van der Waals surface area (Å²) in [5.74, 6) is -0.242. The second kappa shape index (κ2) is 9.37. The van der Waals surface area contributed by atoms with Gasteiger partial charge in [0.1, 0.15) is 6.61 Å². The van der Waals surface area contributed by atoms with E-state index in [1.807, 2.05) is 24.3 Å². The Bertz CT molecular complexity index is 791. The van der Waals surface area contributed by atoms with Gasteiger partial charge in [0.25, 0.3) is 0 Å². The van der Waals surface area contributed by atoms with Crippen molar-refractivity contribution in [3.05, 3.63) is 59.7 Å². The summed E-state index contributed by atoms with van der Waals surface area (Å²) >= 11 is 0. The number of ether oxygens (including phenoxy) is 2. The standard InChI is InChI=1S/C22H26N2O4/c1-2-27-21(25)13-7-12-20(23)24-22(26)28-14-19-17-10-5-3-8-15(17)16-9-4-6-11-18(16)19/h3-6,8-11,19-20H,2,7,12-14,23H2,1H3,(H,24,26). The third-order valence-electron chi connectivity index (χ3n) is 4.85. The number of hydrogen-bond donors (Lipinski definition) is 2. The molecule has 1 aliphatic carbocycles. The van der Waals surface area contributed by atoms with Gasteiger partial charge in [0, 0.05) is 12.3 Å². The number of carbonyl (C=O) groups is 2. The van der Waals surface area contributed by atoms with E-state index in [1.165, 1.54) is 11.1 Å². The van der Waals surface area contributed by atoms with Crippen LogP contribution in [0.25, 0.3) is 11.1 Å². The van der Waals surface area contributed by atoms with Crippen LogP contribution in [-0.4, -0.2) is 31.4 Å². The molecule has 3 N–H and O–H groups in total. The van der Waals surface area contributed by atoms with Crippen LogP contribution < -0.4 is 11.1 Å². The molecule has 1 aliphatic rings. The minimum Gasteiger partial charge on any atom is -0.466 e. The van der Waals surface area contributed by atoms with Crippen LogP contribution in [0, 0.1) is 0 Å². The van der Waals surface area contributed by atoms with Gasteiger partial charge in [-0.3, -0.25) is 4.79 Å². The minimum absolute atomic E-state index is 0.0122. The smallest absolute Gasteiger partial charge is 0.408 e. The minimum atomic E-state index is -0.565. The Labute approximate surface area is 165 Å². The molecule has 2 aromatic rings. The van der Waals surface area contributed by atoms with Crippen LogP contribution in [0.3, 0.4) is 0 Å². The summed E-state index contributed by atoms with van der Waals surface area (Å²) in [4.78, 5) is 23.5. The summed E-state index contributed by atoms with van der Waals surface area (Å²) in [5.41, 5.74) is 10.6. The second-order valence-corrected chi connectivity index (χ2v) is 6.77. The first-order valence-electron chi connectivity index (χ1n) is 9.63. The van der Waals surface area contributed by atoms with Crippen LogP contribution in [0.4, 0.5) is 4.79 Å². The number of hydrogen-bond acceptors (Lipinski definition) is 5. The molecule has 1 unspecified atom stereocenters. The number of amides is 1. The molecule has 0 saturated carbocycles. The number of rotatable bonds is 8. The summed E-state index contributed by atoms with van der Waals surface area (Å²) in [6.45, 7) is 2.38. The number of nitrogens with one attached hydrogen (secondary N) is 1. The van der Waals surface area contributed by atoms with Crippen molar-refractivity contribution in [3.63, 3.8) is 0 Å². The summed E-state index contributed by atoms with van der Waals surface area (Å²) in [5, 5.41) is 2.62. The Kier molecular flexibility index (Phi) is 6.66. The highest BCUT2D eigenvalue weighted by Crippen LogP contribution is 2.44. The molecule has 148 valence electrons. The fraction of sp³-hybridized carbons (Fsp3) is 0.364. The van der Waals surface area contributed by atoms with E-state index in [4.69, 9.17) is 15.2 Å². The molecule has 3 rings (SSSR count). The highest BCUT2D eigenvalue weighted by atomic mass is 16.5. The molecule has 0 radical (unpaired) electrons. The lowest BCUT2D eigenvalue weighted by Crippen LogP contribution is -2.42. The van der Waals surface area contributed by atoms with Crippen LogP contribution in [-0.2, 0) is 14.3 Å². The number of esters is 1. The lowest BCUT2D eigenvalue weighted by atomic mass is 9.98. The maximum absolute atomic E-state index is 12.1. The van der Waals surface area contributed by atoms with E-state index in [-0.39, 0.29) is 24.9 Å². The quantitative estimate of drug-likeness (QED) is 0.538. The summed E-state index contributed by atoms with van der Waals surface area (Å²) in [7, 11) is 0. The number of nitrogens with two attached hydrogens (primary N) is 1. The molecule has 0 fully saturated rings. The molecule has 2 aromatic carbocycles. The van der Waals surface area contributed by atoms with Gasteiger partial charge in [-0.15, -0.1) is 0 Å². The molecule has 0 saturated heterocycles. The molecule has 0 bridgehead atoms. The van der Waals surface area contributed by atoms with Crippen LogP contribution >= 0.6 is 0 Å². The molecule has 0 aromatic heterocycles. The van der Waals surface area contributed by atoms with Gasteiger partial charge >= 0.3 is 12.1 Å². The van der Waals surface area contributed by atoms with Gasteiger partial charge in [-0.2, -0.15) is 0 Å². The van der Waals surface area contributed by atoms with Crippen LogP contribution in [0.15, 0.2) is 48.5 Å².